The monoisotopic (exact) mass is 270 g/mol. The molecule has 0 spiro atoms. The van der Waals surface area contributed by atoms with Crippen LogP contribution < -0.4 is 0 Å². The summed E-state index contributed by atoms with van der Waals surface area (Å²) in [5.41, 5.74) is 0. The molecule has 0 aromatic rings. The normalized spacial score (nSPS) is 13.5. The molecule has 0 unspecified atom stereocenters. The molecule has 0 saturated carbocycles. The maximum Gasteiger partial charge on any atom is 0.253 e. The van der Waals surface area contributed by atoms with Crippen molar-refractivity contribution in [3.05, 3.63) is 24.3 Å². The quantitative estimate of drug-likeness (QED) is 0.550. The third kappa shape index (κ3) is 4.93. The zero-order valence-corrected chi connectivity index (χ0v) is 13.5. The van der Waals surface area contributed by atoms with Gasteiger partial charge in [0.15, 0.2) is 10.8 Å². The Hall–Kier alpha value is -0.786. The lowest BCUT2D eigenvalue weighted by molar-refractivity contribution is -0.109. The molecule has 0 N–H and O–H groups in total. The van der Waals surface area contributed by atoms with Crippen molar-refractivity contribution >= 4 is 27.4 Å². The van der Waals surface area contributed by atoms with Gasteiger partial charge in [0.05, 0.1) is 0 Å². The zero-order chi connectivity index (χ0) is 13.7. The summed E-state index contributed by atoms with van der Waals surface area (Å²) in [5, 5.41) is 0.0442. The molecule has 0 aromatic heterocycles. The second-order valence-electron chi connectivity index (χ2n) is 4.85. The van der Waals surface area contributed by atoms with E-state index in [2.05, 4.69) is 0 Å². The van der Waals surface area contributed by atoms with Crippen LogP contribution in [-0.2, 0) is 13.7 Å². The molecular formula is C12H22O3Si2. The summed E-state index contributed by atoms with van der Waals surface area (Å²) < 4.78 is 5.93. The first-order valence-electron chi connectivity index (χ1n) is 5.72. The Kier molecular flexibility index (Phi) is 5.94. The largest absolute Gasteiger partial charge is 0.445 e. The number of hydrogen-bond acceptors (Lipinski definition) is 3. The summed E-state index contributed by atoms with van der Waals surface area (Å²) in [6.45, 7) is 11.0. The summed E-state index contributed by atoms with van der Waals surface area (Å²) in [7, 11) is -4.95. The second kappa shape index (κ2) is 6.23. The summed E-state index contributed by atoms with van der Waals surface area (Å²) in [4.78, 5) is 23.7. The summed E-state index contributed by atoms with van der Waals surface area (Å²) in [5.74, 6) is 0. The maximum absolute atomic E-state index is 11.9. The van der Waals surface area contributed by atoms with Crippen molar-refractivity contribution in [2.45, 2.75) is 40.0 Å². The molecule has 3 nitrogen and oxygen atoms in total. The van der Waals surface area contributed by atoms with Gasteiger partial charge in [-0.15, -0.1) is 0 Å². The average Bonchev–Trinajstić information content (AvgIpc) is 2.16. The average molecular weight is 270 g/mol. The lowest BCUT2D eigenvalue weighted by atomic mass is 10.6. The molecular weight excluding hydrogens is 248 g/mol. The number of carbonyl (C=O) groups excluding carboxylic acids is 2. The molecule has 0 aliphatic heterocycles. The van der Waals surface area contributed by atoms with Crippen molar-refractivity contribution < 1.29 is 13.7 Å². The fourth-order valence-electron chi connectivity index (χ4n) is 1.44. The van der Waals surface area contributed by atoms with Gasteiger partial charge in [0, 0.05) is 0 Å². The Bertz CT molecular complexity index is 321. The SMILES string of the molecule is CC=CC(=O)[Si](C)(C)O[Si](C)(C)C(=O)C=CC. The third-order valence-corrected chi connectivity index (χ3v) is 9.12. The molecule has 17 heavy (non-hydrogen) atoms. The van der Waals surface area contributed by atoms with E-state index in [4.69, 9.17) is 4.12 Å². The maximum atomic E-state index is 11.9. The van der Waals surface area contributed by atoms with Crippen LogP contribution in [0.15, 0.2) is 24.3 Å². The molecule has 0 amide bonds. The minimum Gasteiger partial charge on any atom is -0.445 e. The van der Waals surface area contributed by atoms with Gasteiger partial charge in [0.2, 0.25) is 0 Å². The van der Waals surface area contributed by atoms with Crippen LogP contribution in [0.1, 0.15) is 13.8 Å². The highest BCUT2D eigenvalue weighted by Crippen LogP contribution is 2.17. The van der Waals surface area contributed by atoms with Crippen LogP contribution in [0.3, 0.4) is 0 Å². The zero-order valence-electron chi connectivity index (χ0n) is 11.5. The highest BCUT2D eigenvalue weighted by atomic mass is 28.4. The van der Waals surface area contributed by atoms with Gasteiger partial charge < -0.3 is 4.12 Å². The lowest BCUT2D eigenvalue weighted by Gasteiger charge is -2.30. The fraction of sp³-hybridized carbons (Fsp3) is 0.500. The van der Waals surface area contributed by atoms with Gasteiger partial charge in [-0.05, 0) is 52.2 Å². The van der Waals surface area contributed by atoms with Gasteiger partial charge >= 0.3 is 0 Å². The van der Waals surface area contributed by atoms with Crippen LogP contribution >= 0.6 is 0 Å². The van der Waals surface area contributed by atoms with Crippen LogP contribution in [0.2, 0.25) is 26.2 Å². The molecule has 0 saturated heterocycles. The van der Waals surface area contributed by atoms with Crippen molar-refractivity contribution in [2.24, 2.45) is 0 Å². The van der Waals surface area contributed by atoms with E-state index in [1.807, 2.05) is 26.2 Å². The number of allylic oxidation sites excluding steroid dienone is 4. The number of hydrogen-bond donors (Lipinski definition) is 0. The predicted octanol–water partition coefficient (Wildman–Crippen LogP) is 2.78. The Morgan fingerprint density at radius 3 is 1.35 bits per heavy atom. The molecule has 0 radical (unpaired) electrons. The summed E-state index contributed by atoms with van der Waals surface area (Å²) in [6, 6.07) is 0. The number of carbonyl (C=O) groups is 2. The van der Waals surface area contributed by atoms with Gasteiger partial charge in [-0.1, -0.05) is 12.2 Å². The van der Waals surface area contributed by atoms with Crippen molar-refractivity contribution in [3.8, 4) is 0 Å². The van der Waals surface area contributed by atoms with Crippen LogP contribution in [-0.4, -0.2) is 27.4 Å². The van der Waals surface area contributed by atoms with E-state index in [-0.39, 0.29) is 10.8 Å². The van der Waals surface area contributed by atoms with Gasteiger partial charge in [0.1, 0.15) is 0 Å². The van der Waals surface area contributed by atoms with E-state index in [0.717, 1.165) is 0 Å². The van der Waals surface area contributed by atoms with Crippen LogP contribution in [0.4, 0.5) is 0 Å². The standard InChI is InChI=1S/C12H22O3Si2/c1-7-9-11(13)16(3,4)15-17(5,6)12(14)10-8-2/h7-10H,1-6H3. The van der Waals surface area contributed by atoms with Crippen molar-refractivity contribution in [1.82, 2.24) is 0 Å². The second-order valence-corrected chi connectivity index (χ2v) is 12.7. The van der Waals surface area contributed by atoms with Crippen LogP contribution in [0.5, 0.6) is 0 Å². The van der Waals surface area contributed by atoms with Crippen LogP contribution in [0, 0.1) is 0 Å². The first-order chi connectivity index (χ1) is 7.67. The van der Waals surface area contributed by atoms with E-state index in [9.17, 15) is 9.59 Å². The molecule has 0 aliphatic rings. The number of rotatable bonds is 6. The highest BCUT2D eigenvalue weighted by molar-refractivity contribution is 7.12. The fourth-order valence-corrected chi connectivity index (χ4v) is 8.49. The Morgan fingerprint density at radius 1 is 0.824 bits per heavy atom. The molecule has 0 bridgehead atoms. The molecule has 0 aliphatic carbocycles. The van der Waals surface area contributed by atoms with E-state index in [0.29, 0.717) is 0 Å². The van der Waals surface area contributed by atoms with Gasteiger partial charge in [-0.2, -0.15) is 0 Å². The van der Waals surface area contributed by atoms with Gasteiger partial charge in [-0.25, -0.2) is 0 Å². The summed E-state index contributed by atoms with van der Waals surface area (Å²) in [6.07, 6.45) is 6.50. The summed E-state index contributed by atoms with van der Waals surface area (Å²) >= 11 is 0. The third-order valence-electron chi connectivity index (χ3n) is 2.33. The van der Waals surface area contributed by atoms with E-state index in [1.54, 1.807) is 26.0 Å². The molecule has 0 fully saturated rings. The van der Waals surface area contributed by atoms with Crippen molar-refractivity contribution in [2.75, 3.05) is 0 Å². The van der Waals surface area contributed by atoms with Gasteiger partial charge in [-0.3, -0.25) is 9.59 Å². The molecule has 0 rings (SSSR count). The first-order valence-corrected chi connectivity index (χ1v) is 11.5. The van der Waals surface area contributed by atoms with Crippen molar-refractivity contribution in [3.63, 3.8) is 0 Å². The Balaban J connectivity index is 4.92. The molecule has 0 aromatic carbocycles. The first kappa shape index (κ1) is 16.2. The molecule has 96 valence electrons. The van der Waals surface area contributed by atoms with E-state index in [1.165, 1.54) is 12.2 Å². The Labute approximate surface area is 106 Å². The predicted molar refractivity (Wildman–Crippen MR) is 75.7 cm³/mol. The van der Waals surface area contributed by atoms with E-state index >= 15 is 0 Å². The lowest BCUT2D eigenvalue weighted by Crippen LogP contribution is -2.53. The smallest absolute Gasteiger partial charge is 0.253 e. The molecule has 0 heterocycles. The topological polar surface area (TPSA) is 43.4 Å². The Morgan fingerprint density at radius 2 is 1.12 bits per heavy atom. The van der Waals surface area contributed by atoms with Gasteiger partial charge in [0.25, 0.3) is 16.6 Å². The minimum atomic E-state index is -2.47. The molecule has 0 atom stereocenters. The highest BCUT2D eigenvalue weighted by Gasteiger charge is 2.41. The molecule has 5 heteroatoms. The van der Waals surface area contributed by atoms with E-state index < -0.39 is 16.6 Å². The minimum absolute atomic E-state index is 0.0221. The van der Waals surface area contributed by atoms with Crippen molar-refractivity contribution in [1.29, 1.82) is 0 Å². The van der Waals surface area contributed by atoms with Crippen LogP contribution in [0.25, 0.3) is 0 Å².